The third kappa shape index (κ3) is 5.60. The molecular formula is C20H14BrFN4O5. The van der Waals surface area contributed by atoms with Crippen molar-refractivity contribution in [2.24, 2.45) is 5.10 Å². The van der Waals surface area contributed by atoms with Crippen molar-refractivity contribution in [3.8, 4) is 5.75 Å². The molecular weight excluding hydrogens is 475 g/mol. The van der Waals surface area contributed by atoms with Gasteiger partial charge in [0.25, 0.3) is 5.69 Å². The molecule has 0 atom stereocenters. The van der Waals surface area contributed by atoms with Gasteiger partial charge in [0.1, 0.15) is 23.9 Å². The van der Waals surface area contributed by atoms with Crippen LogP contribution < -0.4 is 10.2 Å². The molecule has 0 aromatic heterocycles. The SMILES string of the molecule is O=[N+]([O-])c1ccc(N/N=C/c2cc(Br)ccc2OCc2ccccc2F)c([N+](=O)[O-])c1. The zero-order valence-electron chi connectivity index (χ0n) is 15.7. The van der Waals surface area contributed by atoms with Gasteiger partial charge in [-0.1, -0.05) is 34.1 Å². The summed E-state index contributed by atoms with van der Waals surface area (Å²) >= 11 is 3.34. The Kier molecular flexibility index (Phi) is 6.88. The molecule has 158 valence electrons. The van der Waals surface area contributed by atoms with E-state index in [1.807, 2.05) is 0 Å². The molecule has 0 amide bonds. The molecule has 1 N–H and O–H groups in total. The van der Waals surface area contributed by atoms with E-state index in [1.165, 1.54) is 18.3 Å². The average Bonchev–Trinajstić information content (AvgIpc) is 2.74. The highest BCUT2D eigenvalue weighted by Crippen LogP contribution is 2.29. The molecule has 0 fully saturated rings. The number of nitrogens with one attached hydrogen (secondary N) is 1. The number of hydrogen-bond donors (Lipinski definition) is 1. The van der Waals surface area contributed by atoms with Crippen LogP contribution in [0.4, 0.5) is 21.5 Å². The van der Waals surface area contributed by atoms with Gasteiger partial charge >= 0.3 is 5.69 Å². The van der Waals surface area contributed by atoms with Gasteiger partial charge in [-0.3, -0.25) is 25.7 Å². The van der Waals surface area contributed by atoms with E-state index in [4.69, 9.17) is 4.74 Å². The summed E-state index contributed by atoms with van der Waals surface area (Å²) in [6.45, 7) is -0.00357. The molecule has 3 rings (SSSR count). The van der Waals surface area contributed by atoms with Crippen molar-refractivity contribution in [3.05, 3.63) is 102 Å². The van der Waals surface area contributed by atoms with Gasteiger partial charge in [0.05, 0.1) is 22.1 Å². The van der Waals surface area contributed by atoms with Crippen molar-refractivity contribution < 1.29 is 19.0 Å². The summed E-state index contributed by atoms with van der Waals surface area (Å²) < 4.78 is 20.2. The smallest absolute Gasteiger partial charge is 0.301 e. The van der Waals surface area contributed by atoms with E-state index >= 15 is 0 Å². The molecule has 11 heteroatoms. The van der Waals surface area contributed by atoms with Crippen LogP contribution in [0.1, 0.15) is 11.1 Å². The summed E-state index contributed by atoms with van der Waals surface area (Å²) in [7, 11) is 0. The van der Waals surface area contributed by atoms with Crippen molar-refractivity contribution >= 4 is 39.2 Å². The minimum absolute atomic E-state index is 0.00357. The van der Waals surface area contributed by atoms with Crippen LogP contribution in [0.5, 0.6) is 5.75 Å². The van der Waals surface area contributed by atoms with Crippen LogP contribution in [0.3, 0.4) is 0 Å². The number of anilines is 1. The zero-order chi connectivity index (χ0) is 22.4. The Balaban J connectivity index is 1.79. The third-order valence-corrected chi connectivity index (χ3v) is 4.58. The van der Waals surface area contributed by atoms with Crippen LogP contribution in [0, 0.1) is 26.0 Å². The Labute approximate surface area is 183 Å². The highest BCUT2D eigenvalue weighted by molar-refractivity contribution is 9.10. The maximum atomic E-state index is 13.8. The lowest BCUT2D eigenvalue weighted by Gasteiger charge is -2.10. The standard InChI is InChI=1S/C20H14BrFN4O5/c21-15-5-8-20(31-12-13-3-1-2-4-17(13)22)14(9-15)11-23-24-18-7-6-16(25(27)28)10-19(18)26(29)30/h1-11,24H,12H2/b23-11+. The first kappa shape index (κ1) is 21.8. The molecule has 0 bridgehead atoms. The van der Waals surface area contributed by atoms with E-state index < -0.39 is 21.2 Å². The van der Waals surface area contributed by atoms with Crippen molar-refractivity contribution in [2.45, 2.75) is 6.61 Å². The van der Waals surface area contributed by atoms with Gasteiger partial charge in [0, 0.05) is 21.7 Å². The summed E-state index contributed by atoms with van der Waals surface area (Å²) in [6.07, 6.45) is 1.37. The fourth-order valence-corrected chi connectivity index (χ4v) is 2.95. The summed E-state index contributed by atoms with van der Waals surface area (Å²) in [5, 5.41) is 26.0. The topological polar surface area (TPSA) is 120 Å². The lowest BCUT2D eigenvalue weighted by Crippen LogP contribution is -2.02. The highest BCUT2D eigenvalue weighted by Gasteiger charge is 2.19. The molecule has 0 saturated heterocycles. The Hall–Kier alpha value is -3.86. The van der Waals surface area contributed by atoms with Gasteiger partial charge in [-0.2, -0.15) is 5.10 Å². The predicted octanol–water partition coefficient (Wildman–Crippen LogP) is 5.43. The summed E-state index contributed by atoms with van der Waals surface area (Å²) in [4.78, 5) is 20.6. The quantitative estimate of drug-likeness (QED) is 0.256. The molecule has 0 aliphatic rings. The van der Waals surface area contributed by atoms with E-state index in [9.17, 15) is 24.6 Å². The Bertz CT molecular complexity index is 1170. The van der Waals surface area contributed by atoms with Gasteiger partial charge in [-0.15, -0.1) is 0 Å². The van der Waals surface area contributed by atoms with Crippen LogP contribution in [-0.4, -0.2) is 16.1 Å². The molecule has 3 aromatic rings. The molecule has 3 aromatic carbocycles. The van der Waals surface area contributed by atoms with Crippen molar-refractivity contribution in [3.63, 3.8) is 0 Å². The van der Waals surface area contributed by atoms with Crippen LogP contribution in [0.25, 0.3) is 0 Å². The number of nitro groups is 2. The fourth-order valence-electron chi connectivity index (χ4n) is 2.57. The number of non-ortho nitro benzene ring substituents is 1. The van der Waals surface area contributed by atoms with Gasteiger partial charge in [-0.25, -0.2) is 4.39 Å². The zero-order valence-corrected chi connectivity index (χ0v) is 17.3. The van der Waals surface area contributed by atoms with Crippen molar-refractivity contribution in [1.29, 1.82) is 0 Å². The summed E-state index contributed by atoms with van der Waals surface area (Å²) in [5.74, 6) is 0.0252. The molecule has 0 aliphatic carbocycles. The van der Waals surface area contributed by atoms with Crippen LogP contribution >= 0.6 is 15.9 Å². The number of benzene rings is 3. The third-order valence-electron chi connectivity index (χ3n) is 4.09. The van der Waals surface area contributed by atoms with Crippen molar-refractivity contribution in [2.75, 3.05) is 5.43 Å². The molecule has 9 nitrogen and oxygen atoms in total. The van der Waals surface area contributed by atoms with Gasteiger partial charge in [0.2, 0.25) is 0 Å². The van der Waals surface area contributed by atoms with Crippen LogP contribution in [0.15, 0.2) is 70.2 Å². The molecule has 0 spiro atoms. The molecule has 0 aliphatic heterocycles. The van der Waals surface area contributed by atoms with Crippen LogP contribution in [0.2, 0.25) is 0 Å². The second-order valence-electron chi connectivity index (χ2n) is 6.15. The first-order chi connectivity index (χ1) is 14.8. The van der Waals surface area contributed by atoms with Gasteiger partial charge in [-0.05, 0) is 30.3 Å². The predicted molar refractivity (Wildman–Crippen MR) is 116 cm³/mol. The lowest BCUT2D eigenvalue weighted by atomic mass is 10.2. The largest absolute Gasteiger partial charge is 0.488 e. The van der Waals surface area contributed by atoms with E-state index in [0.717, 1.165) is 16.6 Å². The Morgan fingerprint density at radius 2 is 1.84 bits per heavy atom. The number of nitro benzene ring substituents is 2. The first-order valence-corrected chi connectivity index (χ1v) is 9.52. The molecule has 0 unspecified atom stereocenters. The lowest BCUT2D eigenvalue weighted by molar-refractivity contribution is -0.393. The number of hydrazone groups is 1. The number of hydrogen-bond acceptors (Lipinski definition) is 7. The summed E-state index contributed by atoms with van der Waals surface area (Å²) in [5.41, 5.74) is 2.50. The highest BCUT2D eigenvalue weighted by atomic mass is 79.9. The normalized spacial score (nSPS) is 10.8. The Morgan fingerprint density at radius 3 is 2.55 bits per heavy atom. The monoisotopic (exact) mass is 488 g/mol. The van der Waals surface area contributed by atoms with E-state index in [1.54, 1.807) is 36.4 Å². The number of nitrogens with zero attached hydrogens (tertiary/aromatic N) is 3. The van der Waals surface area contributed by atoms with Gasteiger partial charge < -0.3 is 4.74 Å². The molecule has 0 saturated carbocycles. The minimum Gasteiger partial charge on any atom is -0.488 e. The summed E-state index contributed by atoms with van der Waals surface area (Å²) in [6, 6.07) is 14.5. The number of rotatable bonds is 8. The first-order valence-electron chi connectivity index (χ1n) is 8.73. The Morgan fingerprint density at radius 1 is 1.06 bits per heavy atom. The van der Waals surface area contributed by atoms with E-state index in [2.05, 4.69) is 26.5 Å². The maximum absolute atomic E-state index is 13.8. The van der Waals surface area contributed by atoms with Gasteiger partial charge in [0.15, 0.2) is 0 Å². The number of ether oxygens (including phenoxy) is 1. The second kappa shape index (κ2) is 9.76. The average molecular weight is 489 g/mol. The number of halogens is 2. The van der Waals surface area contributed by atoms with Crippen molar-refractivity contribution in [1.82, 2.24) is 0 Å². The van der Waals surface area contributed by atoms with E-state index in [-0.39, 0.29) is 18.1 Å². The minimum atomic E-state index is -0.743. The fraction of sp³-hybridized carbons (Fsp3) is 0.0500. The molecule has 0 heterocycles. The van der Waals surface area contributed by atoms with Crippen LogP contribution in [-0.2, 0) is 6.61 Å². The maximum Gasteiger partial charge on any atom is 0.301 e. The molecule has 31 heavy (non-hydrogen) atoms. The second-order valence-corrected chi connectivity index (χ2v) is 7.06. The van der Waals surface area contributed by atoms with E-state index in [0.29, 0.717) is 16.9 Å². The molecule has 0 radical (unpaired) electrons.